The second-order valence-corrected chi connectivity index (χ2v) is 4.69. The average Bonchev–Trinajstić information content (AvgIpc) is 1.96. The number of hydrogen-bond acceptors (Lipinski definition) is 0. The molecule has 0 heterocycles. The molecule has 0 nitrogen and oxygen atoms in total. The maximum atomic E-state index is 3.98. The molecule has 0 fully saturated rings. The minimum absolute atomic E-state index is 0.189. The third-order valence-electron chi connectivity index (χ3n) is 1.69. The van der Waals surface area contributed by atoms with E-state index >= 15 is 0 Å². The summed E-state index contributed by atoms with van der Waals surface area (Å²) in [5.74, 6) is 2.25. The SMILES string of the molecule is C=CC(=C)/C(=C\PC)C(C)(C)C. The van der Waals surface area contributed by atoms with E-state index in [0.29, 0.717) is 0 Å². The fourth-order valence-electron chi connectivity index (χ4n) is 1.05. The summed E-state index contributed by atoms with van der Waals surface area (Å²) >= 11 is 0. The zero-order valence-electron chi connectivity index (χ0n) is 8.57. The quantitative estimate of drug-likeness (QED) is 0.457. The monoisotopic (exact) mass is 182 g/mol. The summed E-state index contributed by atoms with van der Waals surface area (Å²) in [5, 5.41) is 0. The first-order chi connectivity index (χ1) is 5.43. The molecule has 0 saturated heterocycles. The third-order valence-corrected chi connectivity index (χ3v) is 2.27. The van der Waals surface area contributed by atoms with Gasteiger partial charge in [0.05, 0.1) is 0 Å². The Morgan fingerprint density at radius 2 is 1.83 bits per heavy atom. The molecule has 68 valence electrons. The van der Waals surface area contributed by atoms with Crippen molar-refractivity contribution < 1.29 is 0 Å². The summed E-state index contributed by atoms with van der Waals surface area (Å²) in [6.45, 7) is 16.5. The summed E-state index contributed by atoms with van der Waals surface area (Å²) in [6.07, 6.45) is 1.83. The Bertz CT molecular complexity index is 204. The lowest BCUT2D eigenvalue weighted by atomic mass is 9.83. The van der Waals surface area contributed by atoms with Crippen molar-refractivity contribution in [1.82, 2.24) is 0 Å². The molecule has 0 bridgehead atoms. The molecule has 0 aliphatic heterocycles. The summed E-state index contributed by atoms with van der Waals surface area (Å²) in [5.41, 5.74) is 2.56. The van der Waals surface area contributed by atoms with E-state index in [9.17, 15) is 0 Å². The topological polar surface area (TPSA) is 0 Å². The van der Waals surface area contributed by atoms with Gasteiger partial charge in [0.15, 0.2) is 0 Å². The molecule has 0 spiro atoms. The van der Waals surface area contributed by atoms with Crippen LogP contribution in [0.25, 0.3) is 0 Å². The highest BCUT2D eigenvalue weighted by molar-refractivity contribution is 7.40. The zero-order valence-corrected chi connectivity index (χ0v) is 9.57. The molecule has 0 aromatic carbocycles. The summed E-state index contributed by atoms with van der Waals surface area (Å²) < 4.78 is 0. The molecule has 0 aromatic rings. The van der Waals surface area contributed by atoms with Crippen molar-refractivity contribution >= 4 is 8.58 Å². The Balaban J connectivity index is 4.81. The van der Waals surface area contributed by atoms with Crippen molar-refractivity contribution in [2.45, 2.75) is 20.8 Å². The van der Waals surface area contributed by atoms with Crippen LogP contribution in [0.15, 0.2) is 36.2 Å². The van der Waals surface area contributed by atoms with Crippen LogP contribution in [0.2, 0.25) is 0 Å². The molecule has 12 heavy (non-hydrogen) atoms. The predicted molar refractivity (Wildman–Crippen MR) is 61.1 cm³/mol. The molecule has 0 amide bonds. The maximum absolute atomic E-state index is 3.98. The van der Waals surface area contributed by atoms with Crippen molar-refractivity contribution in [3.05, 3.63) is 36.2 Å². The molecule has 1 heteroatoms. The van der Waals surface area contributed by atoms with Crippen LogP contribution in [-0.4, -0.2) is 6.66 Å². The van der Waals surface area contributed by atoms with E-state index in [0.717, 1.165) is 14.2 Å². The minimum atomic E-state index is 0.189. The molecular formula is C11H19P. The third kappa shape index (κ3) is 3.36. The van der Waals surface area contributed by atoms with Crippen LogP contribution < -0.4 is 0 Å². The van der Waals surface area contributed by atoms with Crippen LogP contribution in [-0.2, 0) is 0 Å². The van der Waals surface area contributed by atoms with Gasteiger partial charge in [0.1, 0.15) is 0 Å². The first-order valence-corrected chi connectivity index (χ1v) is 5.71. The Labute approximate surface area is 78.2 Å². The standard InChI is InChI=1S/C11H19P/c1-7-9(2)10(8-12-6)11(3,4)5/h7-8,12H,1-2H2,3-6H3/b10-8+. The molecular weight excluding hydrogens is 163 g/mol. The summed E-state index contributed by atoms with van der Waals surface area (Å²) in [4.78, 5) is 0. The van der Waals surface area contributed by atoms with Gasteiger partial charge in [-0.15, -0.1) is 8.58 Å². The van der Waals surface area contributed by atoms with Crippen LogP contribution in [0.4, 0.5) is 0 Å². The molecule has 0 aromatic heterocycles. The van der Waals surface area contributed by atoms with E-state index in [2.05, 4.69) is 46.4 Å². The normalized spacial score (nSPS) is 13.8. The highest BCUT2D eigenvalue weighted by Gasteiger charge is 2.17. The fraction of sp³-hybridized carbons (Fsp3) is 0.455. The first-order valence-electron chi connectivity index (χ1n) is 4.13. The Morgan fingerprint density at radius 1 is 1.33 bits per heavy atom. The lowest BCUT2D eigenvalue weighted by molar-refractivity contribution is 0.514. The van der Waals surface area contributed by atoms with Crippen LogP contribution in [0.1, 0.15) is 20.8 Å². The van der Waals surface area contributed by atoms with Crippen molar-refractivity contribution in [2.24, 2.45) is 5.41 Å². The molecule has 1 unspecified atom stereocenters. The van der Waals surface area contributed by atoms with Crippen LogP contribution in [0, 0.1) is 5.41 Å². The van der Waals surface area contributed by atoms with Gasteiger partial charge in [-0.1, -0.05) is 45.8 Å². The van der Waals surface area contributed by atoms with Crippen molar-refractivity contribution in [3.63, 3.8) is 0 Å². The smallest absolute Gasteiger partial charge is 0.0126 e. The van der Waals surface area contributed by atoms with Gasteiger partial charge in [-0.25, -0.2) is 0 Å². The van der Waals surface area contributed by atoms with Gasteiger partial charge >= 0.3 is 0 Å². The Kier molecular flexibility index (Phi) is 4.49. The van der Waals surface area contributed by atoms with Crippen molar-refractivity contribution in [3.8, 4) is 0 Å². The summed E-state index contributed by atoms with van der Waals surface area (Å²) in [7, 11) is 0.837. The summed E-state index contributed by atoms with van der Waals surface area (Å²) in [6, 6.07) is 0. The van der Waals surface area contributed by atoms with E-state index in [-0.39, 0.29) is 5.41 Å². The van der Waals surface area contributed by atoms with E-state index in [1.807, 2.05) is 6.08 Å². The van der Waals surface area contributed by atoms with Gasteiger partial charge in [-0.05, 0) is 23.2 Å². The number of rotatable bonds is 3. The second kappa shape index (κ2) is 4.62. The van der Waals surface area contributed by atoms with Gasteiger partial charge < -0.3 is 0 Å². The predicted octanol–water partition coefficient (Wildman–Crippen LogP) is 3.97. The van der Waals surface area contributed by atoms with Gasteiger partial charge in [0, 0.05) is 0 Å². The molecule has 0 saturated carbocycles. The van der Waals surface area contributed by atoms with E-state index < -0.39 is 0 Å². The maximum Gasteiger partial charge on any atom is -0.0126 e. The molecule has 0 radical (unpaired) electrons. The largest absolute Gasteiger partial charge is 0.101 e. The highest BCUT2D eigenvalue weighted by Crippen LogP contribution is 2.33. The van der Waals surface area contributed by atoms with E-state index in [1.165, 1.54) is 5.57 Å². The van der Waals surface area contributed by atoms with Crippen LogP contribution >= 0.6 is 8.58 Å². The highest BCUT2D eigenvalue weighted by atomic mass is 31.1. The minimum Gasteiger partial charge on any atom is -0.101 e. The average molecular weight is 182 g/mol. The number of hydrogen-bond donors (Lipinski definition) is 0. The van der Waals surface area contributed by atoms with Crippen molar-refractivity contribution in [2.75, 3.05) is 6.66 Å². The van der Waals surface area contributed by atoms with Gasteiger partial charge in [-0.2, -0.15) is 0 Å². The van der Waals surface area contributed by atoms with E-state index in [4.69, 9.17) is 0 Å². The lowest BCUT2D eigenvalue weighted by Crippen LogP contribution is -2.09. The molecule has 0 aliphatic rings. The fourth-order valence-corrected chi connectivity index (χ4v) is 1.95. The van der Waals surface area contributed by atoms with E-state index in [1.54, 1.807) is 0 Å². The Hall–Kier alpha value is -0.350. The first kappa shape index (κ1) is 11.6. The number of allylic oxidation sites excluding steroid dienone is 3. The molecule has 0 rings (SSSR count). The van der Waals surface area contributed by atoms with Crippen LogP contribution in [0.5, 0.6) is 0 Å². The van der Waals surface area contributed by atoms with Gasteiger partial charge in [-0.3, -0.25) is 0 Å². The molecule has 1 atom stereocenters. The Morgan fingerprint density at radius 3 is 2.08 bits per heavy atom. The molecule has 0 aliphatic carbocycles. The van der Waals surface area contributed by atoms with Crippen LogP contribution in [0.3, 0.4) is 0 Å². The lowest BCUT2D eigenvalue weighted by Gasteiger charge is -2.23. The van der Waals surface area contributed by atoms with Gasteiger partial charge in [0.25, 0.3) is 0 Å². The zero-order chi connectivity index (χ0) is 9.78. The van der Waals surface area contributed by atoms with Crippen molar-refractivity contribution in [1.29, 1.82) is 0 Å². The molecule has 0 N–H and O–H groups in total. The second-order valence-electron chi connectivity index (χ2n) is 3.83. The van der Waals surface area contributed by atoms with Gasteiger partial charge in [0.2, 0.25) is 0 Å².